The molecule has 2 rings (SSSR count). The molecule has 0 saturated carbocycles. The van der Waals surface area contributed by atoms with Gasteiger partial charge in [-0.3, -0.25) is 10.1 Å². The number of anilines is 1. The van der Waals surface area contributed by atoms with Crippen molar-refractivity contribution in [1.82, 2.24) is 24.5 Å². The lowest BCUT2D eigenvalue weighted by Crippen LogP contribution is -2.15. The van der Waals surface area contributed by atoms with Crippen LogP contribution in [0.25, 0.3) is 0 Å². The standard InChI is InChI=1S/C12H19N7O2/c1-8(2)11-15-14-7-18(11)6-5-13-12-10(19(20)21)9(3)16-17(12)4/h7-8,13H,5-6H2,1-4H3. The Morgan fingerprint density at radius 2 is 2.19 bits per heavy atom. The first-order chi connectivity index (χ1) is 9.91. The molecule has 1 N–H and O–H groups in total. The molecule has 0 spiro atoms. The molecule has 0 aliphatic heterocycles. The van der Waals surface area contributed by atoms with Gasteiger partial charge in [-0.1, -0.05) is 13.8 Å². The summed E-state index contributed by atoms with van der Waals surface area (Å²) in [7, 11) is 1.68. The molecule has 21 heavy (non-hydrogen) atoms. The number of hydrogen-bond donors (Lipinski definition) is 1. The third kappa shape index (κ3) is 3.01. The molecule has 0 bridgehead atoms. The quantitative estimate of drug-likeness (QED) is 0.638. The van der Waals surface area contributed by atoms with Crippen LogP contribution in [0, 0.1) is 17.0 Å². The zero-order chi connectivity index (χ0) is 15.6. The molecule has 114 valence electrons. The van der Waals surface area contributed by atoms with Crippen molar-refractivity contribution in [2.75, 3.05) is 11.9 Å². The average Bonchev–Trinajstić information content (AvgIpc) is 2.94. The third-order valence-corrected chi connectivity index (χ3v) is 3.18. The first-order valence-corrected chi connectivity index (χ1v) is 6.71. The van der Waals surface area contributed by atoms with E-state index in [0.29, 0.717) is 24.6 Å². The van der Waals surface area contributed by atoms with E-state index < -0.39 is 4.92 Å². The van der Waals surface area contributed by atoms with E-state index in [-0.39, 0.29) is 11.6 Å². The summed E-state index contributed by atoms with van der Waals surface area (Å²) in [4.78, 5) is 10.7. The van der Waals surface area contributed by atoms with Gasteiger partial charge in [-0.25, -0.2) is 4.68 Å². The van der Waals surface area contributed by atoms with Crippen molar-refractivity contribution in [1.29, 1.82) is 0 Å². The monoisotopic (exact) mass is 293 g/mol. The van der Waals surface area contributed by atoms with Crippen LogP contribution in [0.4, 0.5) is 11.5 Å². The molecule has 0 saturated heterocycles. The van der Waals surface area contributed by atoms with Crippen LogP contribution in [-0.2, 0) is 13.6 Å². The van der Waals surface area contributed by atoms with Gasteiger partial charge in [0.05, 0.1) is 4.92 Å². The number of rotatable bonds is 6. The summed E-state index contributed by atoms with van der Waals surface area (Å²) in [5.41, 5.74) is 0.419. The topological polar surface area (TPSA) is 104 Å². The van der Waals surface area contributed by atoms with Gasteiger partial charge in [0, 0.05) is 26.1 Å². The SMILES string of the molecule is Cc1nn(C)c(NCCn2cnnc2C(C)C)c1[N+](=O)[O-]. The number of nitrogens with one attached hydrogen (secondary N) is 1. The van der Waals surface area contributed by atoms with Gasteiger partial charge in [0.2, 0.25) is 5.82 Å². The van der Waals surface area contributed by atoms with E-state index in [0.717, 1.165) is 5.82 Å². The first-order valence-electron chi connectivity index (χ1n) is 6.71. The van der Waals surface area contributed by atoms with Crippen molar-refractivity contribution in [3.63, 3.8) is 0 Å². The molecule has 0 aliphatic carbocycles. The van der Waals surface area contributed by atoms with Gasteiger partial charge in [0.25, 0.3) is 0 Å². The van der Waals surface area contributed by atoms with Gasteiger partial charge in [0.1, 0.15) is 17.8 Å². The molecule has 0 aromatic carbocycles. The molecule has 0 atom stereocenters. The fourth-order valence-electron chi connectivity index (χ4n) is 2.24. The Balaban J connectivity index is 2.07. The molecule has 2 aromatic rings. The molecule has 2 aromatic heterocycles. The van der Waals surface area contributed by atoms with Crippen LogP contribution in [0.15, 0.2) is 6.33 Å². The molecule has 2 heterocycles. The van der Waals surface area contributed by atoms with Crippen LogP contribution >= 0.6 is 0 Å². The maximum atomic E-state index is 11.1. The summed E-state index contributed by atoms with van der Waals surface area (Å²) in [5.74, 6) is 1.59. The Morgan fingerprint density at radius 3 is 2.81 bits per heavy atom. The normalized spacial score (nSPS) is 11.1. The van der Waals surface area contributed by atoms with E-state index in [2.05, 4.69) is 20.6 Å². The highest BCUT2D eigenvalue weighted by atomic mass is 16.6. The number of nitro groups is 1. The zero-order valence-electron chi connectivity index (χ0n) is 12.6. The minimum absolute atomic E-state index is 0.0188. The lowest BCUT2D eigenvalue weighted by Gasteiger charge is -2.10. The lowest BCUT2D eigenvalue weighted by molar-refractivity contribution is -0.384. The summed E-state index contributed by atoms with van der Waals surface area (Å²) in [6, 6.07) is 0. The molecular weight excluding hydrogens is 274 g/mol. The number of nitrogens with zero attached hydrogens (tertiary/aromatic N) is 6. The van der Waals surface area contributed by atoms with Gasteiger partial charge in [-0.2, -0.15) is 5.10 Å². The van der Waals surface area contributed by atoms with Crippen molar-refractivity contribution < 1.29 is 4.92 Å². The number of aryl methyl sites for hydroxylation is 2. The Kier molecular flexibility index (Phi) is 4.20. The summed E-state index contributed by atoms with van der Waals surface area (Å²) >= 11 is 0. The molecule has 0 amide bonds. The maximum Gasteiger partial charge on any atom is 0.333 e. The van der Waals surface area contributed by atoms with Gasteiger partial charge < -0.3 is 9.88 Å². The van der Waals surface area contributed by atoms with Gasteiger partial charge in [0.15, 0.2) is 0 Å². The highest BCUT2D eigenvalue weighted by Gasteiger charge is 2.23. The molecule has 9 nitrogen and oxygen atoms in total. The van der Waals surface area contributed by atoms with Crippen molar-refractivity contribution >= 4 is 11.5 Å². The highest BCUT2D eigenvalue weighted by Crippen LogP contribution is 2.26. The minimum Gasteiger partial charge on any atom is -0.363 e. The molecule has 0 aliphatic rings. The molecular formula is C12H19N7O2. The van der Waals surface area contributed by atoms with E-state index in [9.17, 15) is 10.1 Å². The van der Waals surface area contributed by atoms with E-state index in [1.807, 2.05) is 18.4 Å². The highest BCUT2D eigenvalue weighted by molar-refractivity contribution is 5.59. The largest absolute Gasteiger partial charge is 0.363 e. The van der Waals surface area contributed by atoms with E-state index >= 15 is 0 Å². The predicted molar refractivity (Wildman–Crippen MR) is 77.2 cm³/mol. The molecule has 0 radical (unpaired) electrons. The first kappa shape index (κ1) is 14.9. The zero-order valence-corrected chi connectivity index (χ0v) is 12.6. The fourth-order valence-corrected chi connectivity index (χ4v) is 2.24. The fraction of sp³-hybridized carbons (Fsp3) is 0.583. The Labute approximate surface area is 122 Å². The Morgan fingerprint density at radius 1 is 1.48 bits per heavy atom. The van der Waals surface area contributed by atoms with Crippen LogP contribution in [0.5, 0.6) is 0 Å². The maximum absolute atomic E-state index is 11.1. The van der Waals surface area contributed by atoms with Gasteiger partial charge in [-0.15, -0.1) is 10.2 Å². The Hall–Kier alpha value is -2.45. The second-order valence-electron chi connectivity index (χ2n) is 5.13. The third-order valence-electron chi connectivity index (χ3n) is 3.18. The van der Waals surface area contributed by atoms with Crippen LogP contribution in [0.2, 0.25) is 0 Å². The second-order valence-corrected chi connectivity index (χ2v) is 5.13. The van der Waals surface area contributed by atoms with Crippen molar-refractivity contribution in [2.24, 2.45) is 7.05 Å². The van der Waals surface area contributed by atoms with Crippen LogP contribution < -0.4 is 5.32 Å². The van der Waals surface area contributed by atoms with Crippen molar-refractivity contribution in [3.8, 4) is 0 Å². The predicted octanol–water partition coefficient (Wildman–Crippen LogP) is 1.46. The van der Waals surface area contributed by atoms with Crippen LogP contribution in [-0.4, -0.2) is 36.0 Å². The molecule has 0 unspecified atom stereocenters. The molecule has 0 fully saturated rings. The summed E-state index contributed by atoms with van der Waals surface area (Å²) in [6.45, 7) is 6.87. The summed E-state index contributed by atoms with van der Waals surface area (Å²) < 4.78 is 3.43. The smallest absolute Gasteiger partial charge is 0.333 e. The van der Waals surface area contributed by atoms with E-state index in [1.54, 1.807) is 20.3 Å². The lowest BCUT2D eigenvalue weighted by atomic mass is 10.2. The van der Waals surface area contributed by atoms with E-state index in [1.165, 1.54) is 4.68 Å². The van der Waals surface area contributed by atoms with Gasteiger partial charge >= 0.3 is 5.69 Å². The van der Waals surface area contributed by atoms with Crippen molar-refractivity contribution in [3.05, 3.63) is 28.0 Å². The van der Waals surface area contributed by atoms with Crippen LogP contribution in [0.3, 0.4) is 0 Å². The molecule has 9 heteroatoms. The van der Waals surface area contributed by atoms with Gasteiger partial charge in [-0.05, 0) is 6.92 Å². The average molecular weight is 293 g/mol. The van der Waals surface area contributed by atoms with Crippen molar-refractivity contribution in [2.45, 2.75) is 33.2 Å². The number of aromatic nitrogens is 5. The number of hydrogen-bond acceptors (Lipinski definition) is 6. The minimum atomic E-state index is -0.414. The van der Waals surface area contributed by atoms with E-state index in [4.69, 9.17) is 0 Å². The van der Waals surface area contributed by atoms with Crippen LogP contribution in [0.1, 0.15) is 31.3 Å². The second kappa shape index (κ2) is 5.90. The Bertz CT molecular complexity index is 644. The summed E-state index contributed by atoms with van der Waals surface area (Å²) in [5, 5.41) is 26.2. The summed E-state index contributed by atoms with van der Waals surface area (Å²) in [6.07, 6.45) is 1.67.